The van der Waals surface area contributed by atoms with Crippen molar-refractivity contribution < 1.29 is 4.79 Å². The predicted octanol–water partition coefficient (Wildman–Crippen LogP) is 4.27. The van der Waals surface area contributed by atoms with Crippen molar-refractivity contribution in [2.45, 2.75) is 19.4 Å². The summed E-state index contributed by atoms with van der Waals surface area (Å²) < 4.78 is 0. The van der Waals surface area contributed by atoms with Gasteiger partial charge in [0.25, 0.3) is 0 Å². The Morgan fingerprint density at radius 3 is 2.28 bits per heavy atom. The minimum absolute atomic E-state index is 0.213. The van der Waals surface area contributed by atoms with Gasteiger partial charge in [0, 0.05) is 39.1 Å². The van der Waals surface area contributed by atoms with Gasteiger partial charge in [-0.05, 0) is 29.7 Å². The van der Waals surface area contributed by atoms with Crippen LogP contribution in [-0.4, -0.2) is 41.9 Å². The first-order valence-corrected chi connectivity index (χ1v) is 9.35. The number of aryl methyl sites for hydroxylation is 1. The molecule has 1 aliphatic heterocycles. The second kappa shape index (κ2) is 8.70. The highest BCUT2D eigenvalue weighted by Crippen LogP contribution is 2.23. The lowest BCUT2D eigenvalue weighted by Crippen LogP contribution is -2.48. The Morgan fingerprint density at radius 2 is 1.60 bits per heavy atom. The maximum Gasteiger partial charge on any atom is 0.222 e. The van der Waals surface area contributed by atoms with E-state index in [1.165, 1.54) is 5.56 Å². The van der Waals surface area contributed by atoms with Crippen molar-refractivity contribution in [3.05, 3.63) is 69.7 Å². The van der Waals surface area contributed by atoms with E-state index in [0.29, 0.717) is 22.9 Å². The van der Waals surface area contributed by atoms with Gasteiger partial charge in [0.15, 0.2) is 0 Å². The van der Waals surface area contributed by atoms with Crippen LogP contribution >= 0.6 is 23.2 Å². The molecule has 132 valence electrons. The summed E-state index contributed by atoms with van der Waals surface area (Å²) in [6.45, 7) is 4.40. The summed E-state index contributed by atoms with van der Waals surface area (Å²) in [5.41, 5.74) is 2.37. The SMILES string of the molecule is O=C(CCc1ccc(Cl)c(Cl)c1)N1CCN(Cc2ccccc2)CC1. The van der Waals surface area contributed by atoms with Crippen molar-refractivity contribution >= 4 is 29.1 Å². The summed E-state index contributed by atoms with van der Waals surface area (Å²) in [6.07, 6.45) is 1.20. The zero-order chi connectivity index (χ0) is 17.6. The fourth-order valence-electron chi connectivity index (χ4n) is 3.10. The third-order valence-electron chi connectivity index (χ3n) is 4.59. The van der Waals surface area contributed by atoms with E-state index in [0.717, 1.165) is 38.3 Å². The molecule has 0 bridgehead atoms. The summed E-state index contributed by atoms with van der Waals surface area (Å²) >= 11 is 12.0. The van der Waals surface area contributed by atoms with Crippen molar-refractivity contribution in [1.29, 1.82) is 0 Å². The molecule has 0 atom stereocenters. The summed E-state index contributed by atoms with van der Waals surface area (Å²) in [6, 6.07) is 16.0. The molecule has 1 heterocycles. The van der Waals surface area contributed by atoms with Gasteiger partial charge in [-0.2, -0.15) is 0 Å². The van der Waals surface area contributed by atoms with Crippen LogP contribution in [0.15, 0.2) is 48.5 Å². The molecule has 3 rings (SSSR count). The summed E-state index contributed by atoms with van der Waals surface area (Å²) in [5.74, 6) is 0.213. The van der Waals surface area contributed by atoms with Crippen LogP contribution in [0, 0.1) is 0 Å². The van der Waals surface area contributed by atoms with Gasteiger partial charge < -0.3 is 4.90 Å². The largest absolute Gasteiger partial charge is 0.340 e. The molecule has 0 N–H and O–H groups in total. The smallest absolute Gasteiger partial charge is 0.222 e. The molecule has 0 saturated carbocycles. The van der Waals surface area contributed by atoms with Crippen molar-refractivity contribution in [1.82, 2.24) is 9.80 Å². The van der Waals surface area contributed by atoms with Crippen LogP contribution in [0.1, 0.15) is 17.5 Å². The Hall–Kier alpha value is -1.55. The number of hydrogen-bond donors (Lipinski definition) is 0. The number of nitrogens with zero attached hydrogens (tertiary/aromatic N) is 2. The van der Waals surface area contributed by atoms with Gasteiger partial charge in [-0.25, -0.2) is 0 Å². The van der Waals surface area contributed by atoms with E-state index in [1.807, 2.05) is 23.1 Å². The molecule has 0 aromatic heterocycles. The van der Waals surface area contributed by atoms with E-state index in [9.17, 15) is 4.79 Å². The van der Waals surface area contributed by atoms with E-state index >= 15 is 0 Å². The molecule has 3 nitrogen and oxygen atoms in total. The first kappa shape index (κ1) is 18.2. The van der Waals surface area contributed by atoms with Crippen molar-refractivity contribution in [2.24, 2.45) is 0 Å². The Morgan fingerprint density at radius 1 is 0.880 bits per heavy atom. The third-order valence-corrected chi connectivity index (χ3v) is 5.32. The van der Waals surface area contributed by atoms with Gasteiger partial charge in [-0.15, -0.1) is 0 Å². The molecule has 0 aliphatic carbocycles. The van der Waals surface area contributed by atoms with E-state index in [1.54, 1.807) is 6.07 Å². The summed E-state index contributed by atoms with van der Waals surface area (Å²) in [5, 5.41) is 1.09. The molecular weight excluding hydrogens is 355 g/mol. The highest BCUT2D eigenvalue weighted by molar-refractivity contribution is 6.42. The molecule has 1 aliphatic rings. The molecule has 1 amide bonds. The lowest BCUT2D eigenvalue weighted by Gasteiger charge is -2.34. The molecule has 1 fully saturated rings. The number of benzene rings is 2. The summed E-state index contributed by atoms with van der Waals surface area (Å²) in [7, 11) is 0. The number of piperazine rings is 1. The average Bonchev–Trinajstić information content (AvgIpc) is 2.64. The van der Waals surface area contributed by atoms with Gasteiger partial charge in [0.1, 0.15) is 0 Å². The number of hydrogen-bond acceptors (Lipinski definition) is 2. The Balaban J connectivity index is 1.44. The van der Waals surface area contributed by atoms with Crippen LogP contribution in [0.4, 0.5) is 0 Å². The number of carbonyl (C=O) groups excluding carboxylic acids is 1. The lowest BCUT2D eigenvalue weighted by molar-refractivity contribution is -0.133. The fraction of sp³-hybridized carbons (Fsp3) is 0.350. The second-order valence-electron chi connectivity index (χ2n) is 6.39. The van der Waals surface area contributed by atoms with Gasteiger partial charge in [0.2, 0.25) is 5.91 Å². The normalized spacial score (nSPS) is 15.4. The van der Waals surface area contributed by atoms with Crippen LogP contribution in [0.3, 0.4) is 0 Å². The molecule has 0 radical (unpaired) electrons. The van der Waals surface area contributed by atoms with Crippen molar-refractivity contribution in [2.75, 3.05) is 26.2 Å². The lowest BCUT2D eigenvalue weighted by atomic mass is 10.1. The Bertz CT molecular complexity index is 713. The van der Waals surface area contributed by atoms with Crippen LogP contribution < -0.4 is 0 Å². The molecule has 0 spiro atoms. The second-order valence-corrected chi connectivity index (χ2v) is 7.21. The van der Waals surface area contributed by atoms with Gasteiger partial charge in [-0.3, -0.25) is 9.69 Å². The first-order valence-electron chi connectivity index (χ1n) is 8.60. The van der Waals surface area contributed by atoms with Gasteiger partial charge >= 0.3 is 0 Å². The zero-order valence-corrected chi connectivity index (χ0v) is 15.6. The van der Waals surface area contributed by atoms with E-state index in [-0.39, 0.29) is 5.91 Å². The van der Waals surface area contributed by atoms with Crippen LogP contribution in [0.25, 0.3) is 0 Å². The summed E-state index contributed by atoms with van der Waals surface area (Å²) in [4.78, 5) is 16.8. The van der Waals surface area contributed by atoms with E-state index < -0.39 is 0 Å². The Kier molecular flexibility index (Phi) is 6.35. The van der Waals surface area contributed by atoms with Crippen molar-refractivity contribution in [3.63, 3.8) is 0 Å². The number of carbonyl (C=O) groups is 1. The average molecular weight is 377 g/mol. The van der Waals surface area contributed by atoms with Crippen LogP contribution in [-0.2, 0) is 17.8 Å². The highest BCUT2D eigenvalue weighted by atomic mass is 35.5. The maximum atomic E-state index is 12.4. The molecule has 25 heavy (non-hydrogen) atoms. The minimum atomic E-state index is 0.213. The van der Waals surface area contributed by atoms with E-state index in [2.05, 4.69) is 29.2 Å². The molecule has 1 saturated heterocycles. The monoisotopic (exact) mass is 376 g/mol. The topological polar surface area (TPSA) is 23.6 Å². The zero-order valence-electron chi connectivity index (χ0n) is 14.1. The van der Waals surface area contributed by atoms with Gasteiger partial charge in [-0.1, -0.05) is 59.6 Å². The predicted molar refractivity (Wildman–Crippen MR) is 103 cm³/mol. The molecule has 5 heteroatoms. The highest BCUT2D eigenvalue weighted by Gasteiger charge is 2.20. The third kappa shape index (κ3) is 5.21. The van der Waals surface area contributed by atoms with Crippen molar-refractivity contribution in [3.8, 4) is 0 Å². The minimum Gasteiger partial charge on any atom is -0.340 e. The quantitative estimate of drug-likeness (QED) is 0.777. The van der Waals surface area contributed by atoms with Gasteiger partial charge in [0.05, 0.1) is 10.0 Å². The fourth-order valence-corrected chi connectivity index (χ4v) is 3.42. The Labute approximate surface area is 159 Å². The molecular formula is C20H22Cl2N2O. The molecule has 2 aromatic carbocycles. The standard InChI is InChI=1S/C20H22Cl2N2O/c21-18-8-6-16(14-19(18)22)7-9-20(25)24-12-10-23(11-13-24)15-17-4-2-1-3-5-17/h1-6,8,14H,7,9-13,15H2. The number of halogens is 2. The number of amides is 1. The van der Waals surface area contributed by atoms with Crippen LogP contribution in [0.2, 0.25) is 10.0 Å². The number of rotatable bonds is 5. The van der Waals surface area contributed by atoms with Crippen LogP contribution in [0.5, 0.6) is 0 Å². The van der Waals surface area contributed by atoms with E-state index in [4.69, 9.17) is 23.2 Å². The first-order chi connectivity index (χ1) is 12.1. The molecule has 0 unspecified atom stereocenters. The molecule has 2 aromatic rings. The maximum absolute atomic E-state index is 12.4.